The summed E-state index contributed by atoms with van der Waals surface area (Å²) in [4.78, 5) is 22.1. The van der Waals surface area contributed by atoms with Crippen molar-refractivity contribution in [1.82, 2.24) is 20.4 Å². The SMILES string of the molecule is CN=C(NCCc1nc(-c2cccc(Cl)c2)no1)N1CCCC(CC(N)=O)C1.I. The van der Waals surface area contributed by atoms with Gasteiger partial charge in [-0.05, 0) is 30.9 Å². The lowest BCUT2D eigenvalue weighted by Gasteiger charge is -2.34. The van der Waals surface area contributed by atoms with Crippen LogP contribution in [0.2, 0.25) is 5.02 Å². The molecule has 3 rings (SSSR count). The van der Waals surface area contributed by atoms with Crippen LogP contribution in [0, 0.1) is 5.92 Å². The van der Waals surface area contributed by atoms with E-state index in [0.29, 0.717) is 36.1 Å². The highest BCUT2D eigenvalue weighted by Gasteiger charge is 2.23. The summed E-state index contributed by atoms with van der Waals surface area (Å²) >= 11 is 6.01. The summed E-state index contributed by atoms with van der Waals surface area (Å²) in [5.41, 5.74) is 6.16. The Hall–Kier alpha value is -1.88. The van der Waals surface area contributed by atoms with Gasteiger partial charge in [0.25, 0.3) is 0 Å². The van der Waals surface area contributed by atoms with Gasteiger partial charge in [-0.15, -0.1) is 24.0 Å². The van der Waals surface area contributed by atoms with E-state index in [0.717, 1.165) is 37.5 Å². The number of likely N-dealkylation sites (tertiary alicyclic amines) is 1. The van der Waals surface area contributed by atoms with Crippen LogP contribution in [0.5, 0.6) is 0 Å². The molecule has 3 N–H and O–H groups in total. The molecule has 1 fully saturated rings. The number of aliphatic imine (C=N–C) groups is 1. The first kappa shape index (κ1) is 23.4. The predicted molar refractivity (Wildman–Crippen MR) is 123 cm³/mol. The lowest BCUT2D eigenvalue weighted by Crippen LogP contribution is -2.47. The molecule has 0 bridgehead atoms. The summed E-state index contributed by atoms with van der Waals surface area (Å²) in [6.07, 6.45) is 3.03. The van der Waals surface area contributed by atoms with Crippen molar-refractivity contribution < 1.29 is 9.32 Å². The van der Waals surface area contributed by atoms with E-state index in [2.05, 4.69) is 25.3 Å². The van der Waals surface area contributed by atoms with Gasteiger partial charge in [-0.2, -0.15) is 4.98 Å². The maximum Gasteiger partial charge on any atom is 0.228 e. The molecule has 1 unspecified atom stereocenters. The highest BCUT2D eigenvalue weighted by molar-refractivity contribution is 14.0. The van der Waals surface area contributed by atoms with Crippen molar-refractivity contribution in [3.63, 3.8) is 0 Å². The number of carbonyl (C=O) groups is 1. The number of nitrogens with zero attached hydrogens (tertiary/aromatic N) is 4. The third-order valence-corrected chi connectivity index (χ3v) is 4.93. The molecule has 0 radical (unpaired) electrons. The zero-order chi connectivity index (χ0) is 19.9. The molecule has 1 aliphatic rings. The summed E-state index contributed by atoms with van der Waals surface area (Å²) in [7, 11) is 1.75. The van der Waals surface area contributed by atoms with Crippen molar-refractivity contribution >= 4 is 47.4 Å². The monoisotopic (exact) mass is 532 g/mol. The second kappa shape index (κ2) is 11.3. The third kappa shape index (κ3) is 6.84. The molecule has 1 amide bonds. The molecule has 1 aromatic carbocycles. The van der Waals surface area contributed by atoms with E-state index in [1.807, 2.05) is 12.1 Å². The van der Waals surface area contributed by atoms with Crippen molar-refractivity contribution in [2.24, 2.45) is 16.6 Å². The van der Waals surface area contributed by atoms with E-state index in [9.17, 15) is 4.79 Å². The van der Waals surface area contributed by atoms with Crippen molar-refractivity contribution in [3.05, 3.63) is 35.2 Å². The Bertz CT molecular complexity index is 844. The second-order valence-corrected chi connectivity index (χ2v) is 7.31. The van der Waals surface area contributed by atoms with Crippen LogP contribution in [0.25, 0.3) is 11.4 Å². The van der Waals surface area contributed by atoms with E-state index in [1.165, 1.54) is 0 Å². The highest BCUT2D eigenvalue weighted by atomic mass is 127. The van der Waals surface area contributed by atoms with E-state index in [4.69, 9.17) is 21.9 Å². The van der Waals surface area contributed by atoms with Gasteiger partial charge in [-0.3, -0.25) is 9.79 Å². The fraction of sp³-hybridized carbons (Fsp3) is 0.474. The number of benzene rings is 1. The Balaban J connectivity index is 0.00000300. The molecule has 1 aromatic heterocycles. The highest BCUT2D eigenvalue weighted by Crippen LogP contribution is 2.20. The molecule has 10 heteroatoms. The first-order valence-corrected chi connectivity index (χ1v) is 9.75. The lowest BCUT2D eigenvalue weighted by atomic mass is 9.95. The number of aromatic nitrogens is 2. The Morgan fingerprint density at radius 1 is 1.48 bits per heavy atom. The molecule has 2 heterocycles. The van der Waals surface area contributed by atoms with Gasteiger partial charge in [-0.25, -0.2) is 0 Å². The minimum absolute atomic E-state index is 0. The average Bonchev–Trinajstić information content (AvgIpc) is 3.14. The van der Waals surface area contributed by atoms with E-state index >= 15 is 0 Å². The molecule has 0 saturated carbocycles. The van der Waals surface area contributed by atoms with Crippen molar-refractivity contribution in [2.45, 2.75) is 25.7 Å². The zero-order valence-corrected chi connectivity index (χ0v) is 19.4. The summed E-state index contributed by atoms with van der Waals surface area (Å²) in [5.74, 6) is 1.90. The van der Waals surface area contributed by atoms with Crippen LogP contribution in [0.4, 0.5) is 0 Å². The number of primary amides is 1. The van der Waals surface area contributed by atoms with Crippen LogP contribution in [-0.4, -0.2) is 53.6 Å². The van der Waals surface area contributed by atoms with Gasteiger partial charge in [0.1, 0.15) is 0 Å². The molecular formula is C19H26ClIN6O2. The van der Waals surface area contributed by atoms with Gasteiger partial charge in [0.2, 0.25) is 17.6 Å². The van der Waals surface area contributed by atoms with Crippen molar-refractivity contribution in [3.8, 4) is 11.4 Å². The number of hydrogen-bond acceptors (Lipinski definition) is 5. The van der Waals surface area contributed by atoms with Crippen molar-refractivity contribution in [2.75, 3.05) is 26.7 Å². The predicted octanol–water partition coefficient (Wildman–Crippen LogP) is 2.71. The first-order valence-electron chi connectivity index (χ1n) is 9.37. The number of hydrogen-bond donors (Lipinski definition) is 2. The van der Waals surface area contributed by atoms with Crippen LogP contribution in [-0.2, 0) is 11.2 Å². The van der Waals surface area contributed by atoms with Gasteiger partial charge in [0.15, 0.2) is 5.96 Å². The third-order valence-electron chi connectivity index (χ3n) is 4.69. The molecule has 158 valence electrons. The number of nitrogens with two attached hydrogens (primary N) is 1. The van der Waals surface area contributed by atoms with Gasteiger partial charge in [0.05, 0.1) is 0 Å². The fourth-order valence-corrected chi connectivity index (χ4v) is 3.61. The number of halogens is 2. The summed E-state index contributed by atoms with van der Waals surface area (Å²) < 4.78 is 5.33. The Morgan fingerprint density at radius 3 is 3.03 bits per heavy atom. The molecule has 1 saturated heterocycles. The first-order chi connectivity index (χ1) is 13.5. The zero-order valence-electron chi connectivity index (χ0n) is 16.3. The van der Waals surface area contributed by atoms with Gasteiger partial charge in [-0.1, -0.05) is 28.9 Å². The number of rotatable bonds is 6. The standard InChI is InChI=1S/C19H25ClN6O2.HI/c1-22-19(26-9-3-4-13(12-26)10-16(21)27)23-8-7-17-24-18(25-28-17)14-5-2-6-15(20)11-14;/h2,5-6,11,13H,3-4,7-10,12H2,1H3,(H2,21,27)(H,22,23);1H. The molecule has 0 aliphatic carbocycles. The van der Waals surface area contributed by atoms with Crippen LogP contribution < -0.4 is 11.1 Å². The Labute approximate surface area is 192 Å². The number of carbonyl (C=O) groups excluding carboxylic acids is 1. The molecule has 2 aromatic rings. The summed E-state index contributed by atoms with van der Waals surface area (Å²) in [6, 6.07) is 7.34. The number of amides is 1. The summed E-state index contributed by atoms with van der Waals surface area (Å²) in [6.45, 7) is 2.30. The van der Waals surface area contributed by atoms with Crippen LogP contribution in [0.1, 0.15) is 25.2 Å². The largest absolute Gasteiger partial charge is 0.370 e. The molecular weight excluding hydrogens is 507 g/mol. The van der Waals surface area contributed by atoms with Crippen LogP contribution in [0.3, 0.4) is 0 Å². The quantitative estimate of drug-likeness (QED) is 0.336. The van der Waals surface area contributed by atoms with Crippen molar-refractivity contribution in [1.29, 1.82) is 0 Å². The smallest absolute Gasteiger partial charge is 0.228 e. The Kier molecular flexibility index (Phi) is 9.15. The topological polar surface area (TPSA) is 110 Å². The number of nitrogens with one attached hydrogen (secondary N) is 1. The molecule has 1 aliphatic heterocycles. The van der Waals surface area contributed by atoms with Crippen LogP contribution >= 0.6 is 35.6 Å². The van der Waals surface area contributed by atoms with Crippen LogP contribution in [0.15, 0.2) is 33.8 Å². The summed E-state index contributed by atoms with van der Waals surface area (Å²) in [5, 5.41) is 7.98. The van der Waals surface area contributed by atoms with Gasteiger partial charge in [0, 0.05) is 50.1 Å². The number of guanidine groups is 1. The molecule has 29 heavy (non-hydrogen) atoms. The van der Waals surface area contributed by atoms with Gasteiger partial charge < -0.3 is 20.5 Å². The molecule has 8 nitrogen and oxygen atoms in total. The maximum absolute atomic E-state index is 11.2. The maximum atomic E-state index is 11.2. The fourth-order valence-electron chi connectivity index (χ4n) is 3.42. The molecule has 0 spiro atoms. The minimum atomic E-state index is -0.248. The van der Waals surface area contributed by atoms with E-state index < -0.39 is 0 Å². The average molecular weight is 533 g/mol. The minimum Gasteiger partial charge on any atom is -0.370 e. The molecule has 1 atom stereocenters. The lowest BCUT2D eigenvalue weighted by molar-refractivity contribution is -0.119. The Morgan fingerprint density at radius 2 is 2.31 bits per heavy atom. The van der Waals surface area contributed by atoms with Gasteiger partial charge >= 0.3 is 0 Å². The number of piperidine rings is 1. The normalized spacial score (nSPS) is 17.0. The second-order valence-electron chi connectivity index (χ2n) is 6.87. The van der Waals surface area contributed by atoms with E-state index in [1.54, 1.807) is 19.2 Å². The van der Waals surface area contributed by atoms with E-state index in [-0.39, 0.29) is 35.8 Å².